The normalized spacial score (nSPS) is 12.2. The molecule has 1 unspecified atom stereocenters. The van der Waals surface area contributed by atoms with E-state index in [1.165, 1.54) is 7.11 Å². The molecular formula is C12H15Cl2NO2. The van der Waals surface area contributed by atoms with Gasteiger partial charge in [0.05, 0.1) is 17.2 Å². The molecule has 0 spiro atoms. The van der Waals surface area contributed by atoms with Crippen molar-refractivity contribution in [2.24, 2.45) is 5.73 Å². The zero-order valence-electron chi connectivity index (χ0n) is 9.58. The Morgan fingerprint density at radius 2 is 2.12 bits per heavy atom. The molecule has 0 saturated heterocycles. The molecule has 94 valence electrons. The summed E-state index contributed by atoms with van der Waals surface area (Å²) < 4.78 is 4.55. The van der Waals surface area contributed by atoms with E-state index >= 15 is 0 Å². The Morgan fingerprint density at radius 1 is 1.41 bits per heavy atom. The van der Waals surface area contributed by atoms with E-state index in [4.69, 9.17) is 28.9 Å². The van der Waals surface area contributed by atoms with E-state index in [2.05, 4.69) is 4.74 Å². The van der Waals surface area contributed by atoms with Crippen LogP contribution in [0.1, 0.15) is 30.9 Å². The van der Waals surface area contributed by atoms with Crippen LogP contribution in [0.15, 0.2) is 18.2 Å². The zero-order chi connectivity index (χ0) is 12.8. The second kappa shape index (κ2) is 6.84. The first kappa shape index (κ1) is 14.3. The lowest BCUT2D eigenvalue weighted by Gasteiger charge is -2.12. The van der Waals surface area contributed by atoms with Crippen molar-refractivity contribution >= 4 is 29.2 Å². The van der Waals surface area contributed by atoms with Crippen molar-refractivity contribution in [3.63, 3.8) is 0 Å². The van der Waals surface area contributed by atoms with E-state index in [0.717, 1.165) is 5.56 Å². The lowest BCUT2D eigenvalue weighted by atomic mass is 10.0. The van der Waals surface area contributed by atoms with Crippen LogP contribution in [-0.4, -0.2) is 13.1 Å². The van der Waals surface area contributed by atoms with Gasteiger partial charge in [0.25, 0.3) is 0 Å². The SMILES string of the molecule is COC(=O)CCCC(N)c1ccc(Cl)c(Cl)c1. The number of ether oxygens (including phenoxy) is 1. The van der Waals surface area contributed by atoms with Gasteiger partial charge < -0.3 is 10.5 Å². The summed E-state index contributed by atoms with van der Waals surface area (Å²) in [7, 11) is 1.38. The topological polar surface area (TPSA) is 52.3 Å². The molecule has 0 aliphatic heterocycles. The molecule has 0 aliphatic carbocycles. The predicted octanol–water partition coefficient (Wildman–Crippen LogP) is 3.34. The maximum Gasteiger partial charge on any atom is 0.305 e. The van der Waals surface area contributed by atoms with Gasteiger partial charge in [-0.1, -0.05) is 29.3 Å². The highest BCUT2D eigenvalue weighted by Gasteiger charge is 2.09. The van der Waals surface area contributed by atoms with Gasteiger partial charge in [0.15, 0.2) is 0 Å². The third-order valence-electron chi connectivity index (χ3n) is 2.50. The first-order valence-corrected chi connectivity index (χ1v) is 6.07. The Labute approximate surface area is 111 Å². The number of hydrogen-bond donors (Lipinski definition) is 1. The largest absolute Gasteiger partial charge is 0.469 e. The standard InChI is InChI=1S/C12H15Cl2NO2/c1-17-12(16)4-2-3-11(15)8-5-6-9(13)10(14)7-8/h5-7,11H,2-4,15H2,1H3. The van der Waals surface area contributed by atoms with E-state index in [9.17, 15) is 4.79 Å². The predicted molar refractivity (Wildman–Crippen MR) is 69.3 cm³/mol. The van der Waals surface area contributed by atoms with E-state index in [0.29, 0.717) is 29.3 Å². The molecule has 0 aliphatic rings. The van der Waals surface area contributed by atoms with Gasteiger partial charge in [-0.25, -0.2) is 0 Å². The fourth-order valence-electron chi connectivity index (χ4n) is 1.48. The zero-order valence-corrected chi connectivity index (χ0v) is 11.1. The summed E-state index contributed by atoms with van der Waals surface area (Å²) in [6.07, 6.45) is 1.77. The van der Waals surface area contributed by atoms with E-state index in [1.807, 2.05) is 6.07 Å². The van der Waals surface area contributed by atoms with E-state index in [-0.39, 0.29) is 12.0 Å². The molecular weight excluding hydrogens is 261 g/mol. The van der Waals surface area contributed by atoms with Crippen LogP contribution in [0.25, 0.3) is 0 Å². The maximum absolute atomic E-state index is 10.9. The molecule has 0 aromatic heterocycles. The molecule has 5 heteroatoms. The first-order valence-electron chi connectivity index (χ1n) is 5.32. The Kier molecular flexibility index (Phi) is 5.75. The fourth-order valence-corrected chi connectivity index (χ4v) is 1.78. The van der Waals surface area contributed by atoms with Gasteiger partial charge in [0.2, 0.25) is 0 Å². The number of halogens is 2. The lowest BCUT2D eigenvalue weighted by molar-refractivity contribution is -0.140. The molecule has 17 heavy (non-hydrogen) atoms. The van der Waals surface area contributed by atoms with E-state index in [1.54, 1.807) is 12.1 Å². The van der Waals surface area contributed by atoms with Crippen molar-refractivity contribution < 1.29 is 9.53 Å². The molecule has 1 aromatic rings. The average Bonchev–Trinajstić information content (AvgIpc) is 2.32. The first-order chi connectivity index (χ1) is 8.04. The van der Waals surface area contributed by atoms with Gasteiger partial charge >= 0.3 is 5.97 Å². The molecule has 0 radical (unpaired) electrons. The van der Waals surface area contributed by atoms with Crippen molar-refractivity contribution in [1.29, 1.82) is 0 Å². The number of nitrogens with two attached hydrogens (primary N) is 1. The second-order valence-electron chi connectivity index (χ2n) is 3.75. The van der Waals surface area contributed by atoms with Crippen LogP contribution in [0.3, 0.4) is 0 Å². The van der Waals surface area contributed by atoms with Crippen LogP contribution >= 0.6 is 23.2 Å². The van der Waals surface area contributed by atoms with Crippen molar-refractivity contribution in [1.82, 2.24) is 0 Å². The summed E-state index contributed by atoms with van der Waals surface area (Å²) in [5, 5.41) is 1.00. The van der Waals surface area contributed by atoms with E-state index < -0.39 is 0 Å². The van der Waals surface area contributed by atoms with Gasteiger partial charge in [-0.2, -0.15) is 0 Å². The maximum atomic E-state index is 10.9. The molecule has 1 atom stereocenters. The van der Waals surface area contributed by atoms with Gasteiger partial charge in [0, 0.05) is 12.5 Å². The van der Waals surface area contributed by atoms with Gasteiger partial charge in [-0.3, -0.25) is 4.79 Å². The fraction of sp³-hybridized carbons (Fsp3) is 0.417. The number of carbonyl (C=O) groups is 1. The van der Waals surface area contributed by atoms with Gasteiger partial charge in [-0.15, -0.1) is 0 Å². The Morgan fingerprint density at radius 3 is 2.71 bits per heavy atom. The second-order valence-corrected chi connectivity index (χ2v) is 4.56. The minimum Gasteiger partial charge on any atom is -0.469 e. The smallest absolute Gasteiger partial charge is 0.305 e. The minimum atomic E-state index is -0.216. The summed E-state index contributed by atoms with van der Waals surface area (Å²) in [5.41, 5.74) is 6.91. The van der Waals surface area contributed by atoms with Crippen LogP contribution < -0.4 is 5.73 Å². The summed E-state index contributed by atoms with van der Waals surface area (Å²) in [4.78, 5) is 10.9. The third-order valence-corrected chi connectivity index (χ3v) is 3.23. The molecule has 1 rings (SSSR count). The van der Waals surface area contributed by atoms with Crippen LogP contribution in [0.4, 0.5) is 0 Å². The Bertz CT molecular complexity index is 396. The lowest BCUT2D eigenvalue weighted by Crippen LogP contribution is -2.11. The molecule has 0 heterocycles. The summed E-state index contributed by atoms with van der Waals surface area (Å²) in [6.45, 7) is 0. The monoisotopic (exact) mass is 275 g/mol. The van der Waals surface area contributed by atoms with Crippen molar-refractivity contribution in [2.75, 3.05) is 7.11 Å². The van der Waals surface area contributed by atoms with Crippen LogP contribution in [0.2, 0.25) is 10.0 Å². The number of rotatable bonds is 5. The Balaban J connectivity index is 2.49. The molecule has 1 aromatic carbocycles. The summed E-state index contributed by atoms with van der Waals surface area (Å²) in [6, 6.07) is 5.18. The van der Waals surface area contributed by atoms with Crippen LogP contribution in [-0.2, 0) is 9.53 Å². The highest BCUT2D eigenvalue weighted by Crippen LogP contribution is 2.26. The van der Waals surface area contributed by atoms with Crippen molar-refractivity contribution in [2.45, 2.75) is 25.3 Å². The van der Waals surface area contributed by atoms with Crippen molar-refractivity contribution in [3.05, 3.63) is 33.8 Å². The average molecular weight is 276 g/mol. The Hall–Kier alpha value is -0.770. The number of methoxy groups -OCH3 is 1. The molecule has 2 N–H and O–H groups in total. The quantitative estimate of drug-likeness (QED) is 0.839. The van der Waals surface area contributed by atoms with Gasteiger partial charge in [0.1, 0.15) is 0 Å². The number of carbonyl (C=O) groups excluding carboxylic acids is 1. The number of hydrogen-bond acceptors (Lipinski definition) is 3. The summed E-state index contributed by atoms with van der Waals surface area (Å²) in [5.74, 6) is -0.216. The molecule has 0 saturated carbocycles. The minimum absolute atomic E-state index is 0.144. The molecule has 0 bridgehead atoms. The number of esters is 1. The molecule has 3 nitrogen and oxygen atoms in total. The number of benzene rings is 1. The third kappa shape index (κ3) is 4.54. The van der Waals surface area contributed by atoms with Gasteiger partial charge in [-0.05, 0) is 30.5 Å². The molecule has 0 amide bonds. The van der Waals surface area contributed by atoms with Crippen LogP contribution in [0.5, 0.6) is 0 Å². The summed E-state index contributed by atoms with van der Waals surface area (Å²) >= 11 is 11.7. The highest BCUT2D eigenvalue weighted by atomic mass is 35.5. The van der Waals surface area contributed by atoms with Crippen LogP contribution in [0, 0.1) is 0 Å². The molecule has 0 fully saturated rings. The van der Waals surface area contributed by atoms with Crippen molar-refractivity contribution in [3.8, 4) is 0 Å². The highest BCUT2D eigenvalue weighted by molar-refractivity contribution is 6.42.